The van der Waals surface area contributed by atoms with Crippen LogP contribution in [0.1, 0.15) is 71.6 Å². The first-order chi connectivity index (χ1) is 17.5. The van der Waals surface area contributed by atoms with Gasteiger partial charge in [0.15, 0.2) is 0 Å². The van der Waals surface area contributed by atoms with E-state index < -0.39 is 11.9 Å². The van der Waals surface area contributed by atoms with Crippen molar-refractivity contribution < 1.29 is 34.2 Å². The number of ketones is 1. The quantitative estimate of drug-likeness (QED) is 0.328. The van der Waals surface area contributed by atoms with Gasteiger partial charge >= 0.3 is 11.9 Å². The maximum absolute atomic E-state index is 12.9. The van der Waals surface area contributed by atoms with E-state index in [4.69, 9.17) is 15.1 Å². The predicted octanol–water partition coefficient (Wildman–Crippen LogP) is 2.52. The van der Waals surface area contributed by atoms with E-state index in [-0.39, 0.29) is 28.9 Å². The number of hydrogen-bond donors (Lipinski definition) is 4. The van der Waals surface area contributed by atoms with Gasteiger partial charge in [0, 0.05) is 55.8 Å². The largest absolute Gasteiger partial charge is 0.478 e. The van der Waals surface area contributed by atoms with E-state index in [9.17, 15) is 19.2 Å². The van der Waals surface area contributed by atoms with Gasteiger partial charge in [-0.15, -0.1) is 0 Å². The second-order valence-electron chi connectivity index (χ2n) is 11.7. The summed E-state index contributed by atoms with van der Waals surface area (Å²) in [6.45, 7) is 6.43. The van der Waals surface area contributed by atoms with Crippen molar-refractivity contribution in [3.05, 3.63) is 12.2 Å². The van der Waals surface area contributed by atoms with Crippen LogP contribution >= 0.6 is 0 Å². The molecule has 5 aliphatic rings. The Bertz CT molecular complexity index is 972. The molecule has 0 spiro atoms. The lowest BCUT2D eigenvalue weighted by atomic mass is 9.51. The molecule has 10 nitrogen and oxygen atoms in total. The van der Waals surface area contributed by atoms with Crippen LogP contribution in [0.4, 0.5) is 0 Å². The SMILES string of the molecule is C[C@]12CC/C(=N\O[C@@H]3CCNC3)CC1NC(=O)C[C@@H]1[C@@H]2CC[C@]2(C)C(=O)CC[C@@H]12.O=C(O)/C=C/C(=O)O. The molecular weight excluding hydrogens is 478 g/mol. The lowest BCUT2D eigenvalue weighted by Gasteiger charge is -2.53. The standard InChI is InChI=1S/C23H35N3O3.C4H4O4/c1-22-8-5-14(26-29-15-7-10-24-13-15)11-19(22)25-21(28)12-16-17-3-4-20(27)23(17,2)9-6-18(16)22;5-3(6)1-2-4(7)8/h15-19,24H,3-13H2,1-2H3,(H,25,28);1-2H,(H,5,6)(H,7,8)/b26-14+;2-1+/t15-,16+,17+,18+,19?,22-,23+;/m1./s1. The highest BCUT2D eigenvalue weighted by atomic mass is 16.6. The van der Waals surface area contributed by atoms with Crippen molar-refractivity contribution in [3.63, 3.8) is 0 Å². The average molecular weight is 518 g/mol. The molecule has 0 bridgehead atoms. The molecule has 204 valence electrons. The van der Waals surface area contributed by atoms with E-state index in [0.717, 1.165) is 63.7 Å². The van der Waals surface area contributed by atoms with Gasteiger partial charge in [-0.25, -0.2) is 9.59 Å². The molecule has 3 aliphatic carbocycles. The Morgan fingerprint density at radius 3 is 2.38 bits per heavy atom. The summed E-state index contributed by atoms with van der Waals surface area (Å²) in [7, 11) is 0. The first-order valence-corrected chi connectivity index (χ1v) is 13.4. The van der Waals surface area contributed by atoms with E-state index in [1.165, 1.54) is 0 Å². The number of fused-ring (bicyclic) bond motifs is 5. The molecule has 5 rings (SSSR count). The minimum absolute atomic E-state index is 0.0811. The summed E-state index contributed by atoms with van der Waals surface area (Å²) in [6, 6.07) is 0.129. The Labute approximate surface area is 217 Å². The molecule has 4 N–H and O–H groups in total. The molecule has 7 atom stereocenters. The van der Waals surface area contributed by atoms with Crippen molar-refractivity contribution in [2.45, 2.75) is 83.8 Å². The molecule has 0 aromatic heterocycles. The van der Waals surface area contributed by atoms with Crippen molar-refractivity contribution in [1.82, 2.24) is 10.6 Å². The molecule has 37 heavy (non-hydrogen) atoms. The third kappa shape index (κ3) is 5.73. The summed E-state index contributed by atoms with van der Waals surface area (Å²) in [6.07, 6.45) is 9.43. The number of hydrogen-bond acceptors (Lipinski definition) is 7. The second kappa shape index (κ2) is 10.9. The number of carbonyl (C=O) groups is 4. The van der Waals surface area contributed by atoms with E-state index >= 15 is 0 Å². The van der Waals surface area contributed by atoms with Gasteiger partial charge in [0.1, 0.15) is 11.9 Å². The number of carboxylic acid groups (broad SMARTS) is 2. The zero-order chi connectivity index (χ0) is 26.8. The van der Waals surface area contributed by atoms with Crippen LogP contribution < -0.4 is 10.6 Å². The first-order valence-electron chi connectivity index (χ1n) is 13.4. The molecule has 3 saturated carbocycles. The van der Waals surface area contributed by atoms with Crippen molar-refractivity contribution in [2.24, 2.45) is 33.7 Å². The summed E-state index contributed by atoms with van der Waals surface area (Å²) in [5.74, 6) is -0.682. The van der Waals surface area contributed by atoms with Crippen molar-refractivity contribution >= 4 is 29.3 Å². The number of aliphatic carboxylic acids is 2. The summed E-state index contributed by atoms with van der Waals surface area (Å²) in [4.78, 5) is 50.4. The van der Waals surface area contributed by atoms with Crippen LogP contribution in [0, 0.1) is 28.6 Å². The fourth-order valence-corrected chi connectivity index (χ4v) is 7.54. The molecule has 2 aliphatic heterocycles. The Kier molecular flexibility index (Phi) is 8.06. The molecule has 10 heteroatoms. The number of amides is 1. The van der Waals surface area contributed by atoms with Crippen LogP contribution in [0.3, 0.4) is 0 Å². The summed E-state index contributed by atoms with van der Waals surface area (Å²) < 4.78 is 0. The minimum Gasteiger partial charge on any atom is -0.478 e. The highest BCUT2D eigenvalue weighted by Crippen LogP contribution is 2.61. The lowest BCUT2D eigenvalue weighted by Crippen LogP contribution is -2.54. The monoisotopic (exact) mass is 517 g/mol. The third-order valence-electron chi connectivity index (χ3n) is 9.65. The van der Waals surface area contributed by atoms with Gasteiger partial charge in [-0.1, -0.05) is 19.0 Å². The molecule has 5 fully saturated rings. The molecule has 0 aromatic rings. The van der Waals surface area contributed by atoms with Crippen LogP contribution in [0.15, 0.2) is 17.3 Å². The maximum Gasteiger partial charge on any atom is 0.328 e. The third-order valence-corrected chi connectivity index (χ3v) is 9.65. The summed E-state index contributed by atoms with van der Waals surface area (Å²) in [5.41, 5.74) is 0.981. The molecule has 2 saturated heterocycles. The number of nitrogens with zero attached hydrogens (tertiary/aromatic N) is 1. The summed E-state index contributed by atoms with van der Waals surface area (Å²) in [5, 5.41) is 26.8. The molecular formula is C27H39N3O7. The Morgan fingerprint density at radius 2 is 1.73 bits per heavy atom. The number of rotatable bonds is 4. The van der Waals surface area contributed by atoms with Gasteiger partial charge in [0.2, 0.25) is 5.91 Å². The van der Waals surface area contributed by atoms with Crippen LogP contribution in [0.5, 0.6) is 0 Å². The van der Waals surface area contributed by atoms with Crippen molar-refractivity contribution in [3.8, 4) is 0 Å². The maximum atomic E-state index is 12.9. The number of oxime groups is 1. The molecule has 2 heterocycles. The van der Waals surface area contributed by atoms with E-state index in [1.807, 2.05) is 0 Å². The van der Waals surface area contributed by atoms with E-state index in [2.05, 4.69) is 29.6 Å². The number of Topliss-reactive ketones (excluding diaryl/α,β-unsaturated/α-hetero) is 1. The van der Waals surface area contributed by atoms with Crippen LogP contribution in [-0.4, -0.2) is 64.8 Å². The van der Waals surface area contributed by atoms with Gasteiger partial charge in [-0.3, -0.25) is 9.59 Å². The van der Waals surface area contributed by atoms with Gasteiger partial charge in [0.25, 0.3) is 0 Å². The molecule has 0 aromatic carbocycles. The Balaban J connectivity index is 0.000000349. The van der Waals surface area contributed by atoms with Gasteiger partial charge < -0.3 is 25.7 Å². The zero-order valence-electron chi connectivity index (χ0n) is 21.7. The Hall–Kier alpha value is -2.75. The number of carboxylic acids is 2. The van der Waals surface area contributed by atoms with E-state index in [1.54, 1.807) is 0 Å². The highest BCUT2D eigenvalue weighted by Gasteiger charge is 2.60. The molecule has 1 unspecified atom stereocenters. The van der Waals surface area contributed by atoms with Crippen LogP contribution in [-0.2, 0) is 24.0 Å². The van der Waals surface area contributed by atoms with Gasteiger partial charge in [-0.05, 0) is 61.8 Å². The minimum atomic E-state index is -1.26. The number of carbonyl (C=O) groups excluding carboxylic acids is 2. The van der Waals surface area contributed by atoms with E-state index in [0.29, 0.717) is 48.5 Å². The molecule has 1 amide bonds. The lowest BCUT2D eigenvalue weighted by molar-refractivity contribution is -0.134. The summed E-state index contributed by atoms with van der Waals surface area (Å²) >= 11 is 0. The number of nitrogens with one attached hydrogen (secondary N) is 2. The Morgan fingerprint density at radius 1 is 1.00 bits per heavy atom. The van der Waals surface area contributed by atoms with Crippen LogP contribution in [0.25, 0.3) is 0 Å². The highest BCUT2D eigenvalue weighted by molar-refractivity contribution is 5.90. The van der Waals surface area contributed by atoms with Crippen molar-refractivity contribution in [1.29, 1.82) is 0 Å². The van der Waals surface area contributed by atoms with Crippen molar-refractivity contribution in [2.75, 3.05) is 13.1 Å². The smallest absolute Gasteiger partial charge is 0.328 e. The zero-order valence-corrected chi connectivity index (χ0v) is 21.7. The predicted molar refractivity (Wildman–Crippen MR) is 135 cm³/mol. The first kappa shape index (κ1) is 27.3. The van der Waals surface area contributed by atoms with Gasteiger partial charge in [0.05, 0.1) is 5.71 Å². The normalized spacial score (nSPS) is 40.1. The topological polar surface area (TPSA) is 154 Å². The van der Waals surface area contributed by atoms with Gasteiger partial charge in [-0.2, -0.15) is 0 Å². The fraction of sp³-hybridized carbons (Fsp3) is 0.741. The molecule has 0 radical (unpaired) electrons. The average Bonchev–Trinajstić information content (AvgIpc) is 3.44. The second-order valence-corrected chi connectivity index (χ2v) is 11.7. The van der Waals surface area contributed by atoms with Crippen LogP contribution in [0.2, 0.25) is 0 Å². The fourth-order valence-electron chi connectivity index (χ4n) is 7.54.